The summed E-state index contributed by atoms with van der Waals surface area (Å²) in [6, 6.07) is 15.9. The predicted molar refractivity (Wildman–Crippen MR) is 110 cm³/mol. The molecule has 2 aromatic carbocycles. The van der Waals surface area contributed by atoms with Crippen molar-refractivity contribution in [1.29, 1.82) is 0 Å². The van der Waals surface area contributed by atoms with E-state index in [1.807, 2.05) is 53.9 Å². The third-order valence-corrected chi connectivity index (χ3v) is 5.93. The van der Waals surface area contributed by atoms with E-state index in [1.165, 1.54) is 11.3 Å². The van der Waals surface area contributed by atoms with Crippen LogP contribution in [0.5, 0.6) is 0 Å². The molecular formula is C19H12Br2N2OS. The van der Waals surface area contributed by atoms with E-state index >= 15 is 0 Å². The Balaban J connectivity index is 1.81. The van der Waals surface area contributed by atoms with Crippen LogP contribution in [-0.4, -0.2) is 9.55 Å². The lowest BCUT2D eigenvalue weighted by Gasteiger charge is -2.07. The second-order valence-corrected chi connectivity index (χ2v) is 8.33. The van der Waals surface area contributed by atoms with Gasteiger partial charge in [0.2, 0.25) is 0 Å². The number of nitrogens with zero attached hydrogens (tertiary/aromatic N) is 2. The fourth-order valence-corrected chi connectivity index (χ4v) is 4.14. The second kappa shape index (κ2) is 6.86. The monoisotopic (exact) mass is 474 g/mol. The Kier molecular flexibility index (Phi) is 4.58. The maximum Gasteiger partial charge on any atom is 0.263 e. The van der Waals surface area contributed by atoms with Crippen molar-refractivity contribution in [2.45, 2.75) is 6.54 Å². The Bertz CT molecular complexity index is 1100. The van der Waals surface area contributed by atoms with Gasteiger partial charge in [0, 0.05) is 19.9 Å². The molecule has 0 atom stereocenters. The van der Waals surface area contributed by atoms with Crippen LogP contribution in [0.3, 0.4) is 0 Å². The zero-order valence-corrected chi connectivity index (χ0v) is 16.9. The van der Waals surface area contributed by atoms with E-state index in [0.29, 0.717) is 11.9 Å². The molecule has 0 saturated heterocycles. The first-order valence-corrected chi connectivity index (χ1v) is 10.1. The molecule has 0 spiro atoms. The summed E-state index contributed by atoms with van der Waals surface area (Å²) < 4.78 is 3.70. The van der Waals surface area contributed by atoms with Crippen LogP contribution in [0.15, 0.2) is 74.0 Å². The van der Waals surface area contributed by atoms with Crippen LogP contribution in [-0.2, 0) is 6.54 Å². The van der Waals surface area contributed by atoms with Crippen LogP contribution in [0.4, 0.5) is 0 Å². The van der Waals surface area contributed by atoms with Gasteiger partial charge in [-0.2, -0.15) is 0 Å². The van der Waals surface area contributed by atoms with E-state index in [1.54, 1.807) is 10.9 Å². The Hall–Kier alpha value is -1.76. The molecule has 0 bridgehead atoms. The van der Waals surface area contributed by atoms with E-state index in [0.717, 1.165) is 30.5 Å². The molecule has 0 aliphatic rings. The van der Waals surface area contributed by atoms with Crippen molar-refractivity contribution >= 4 is 53.4 Å². The van der Waals surface area contributed by atoms with Gasteiger partial charge in [0.05, 0.1) is 18.3 Å². The summed E-state index contributed by atoms with van der Waals surface area (Å²) in [6.45, 7) is 0.505. The number of benzene rings is 2. The van der Waals surface area contributed by atoms with Crippen molar-refractivity contribution in [1.82, 2.24) is 9.55 Å². The molecule has 124 valence electrons. The van der Waals surface area contributed by atoms with Gasteiger partial charge in [0.25, 0.3) is 5.56 Å². The normalized spacial score (nSPS) is 11.1. The van der Waals surface area contributed by atoms with Crippen LogP contribution in [0.2, 0.25) is 0 Å². The molecule has 0 fully saturated rings. The van der Waals surface area contributed by atoms with Crippen LogP contribution in [0.25, 0.3) is 21.3 Å². The minimum absolute atomic E-state index is 0.00733. The first kappa shape index (κ1) is 16.7. The van der Waals surface area contributed by atoms with E-state index in [2.05, 4.69) is 36.8 Å². The van der Waals surface area contributed by atoms with Gasteiger partial charge < -0.3 is 0 Å². The van der Waals surface area contributed by atoms with E-state index in [4.69, 9.17) is 0 Å². The van der Waals surface area contributed by atoms with Gasteiger partial charge in [-0.1, -0.05) is 56.1 Å². The largest absolute Gasteiger partial charge is 0.294 e. The average Bonchev–Trinajstić information content (AvgIpc) is 3.05. The Morgan fingerprint density at radius 2 is 1.60 bits per heavy atom. The predicted octanol–water partition coefficient (Wildman–Crippen LogP) is 5.70. The highest BCUT2D eigenvalue weighted by Gasteiger charge is 2.13. The summed E-state index contributed by atoms with van der Waals surface area (Å²) in [5.74, 6) is 0. The minimum Gasteiger partial charge on any atom is -0.294 e. The molecule has 4 aromatic rings. The van der Waals surface area contributed by atoms with Crippen LogP contribution < -0.4 is 5.56 Å². The molecule has 4 rings (SSSR count). The van der Waals surface area contributed by atoms with E-state index in [-0.39, 0.29) is 5.56 Å². The lowest BCUT2D eigenvalue weighted by atomic mass is 10.1. The van der Waals surface area contributed by atoms with Gasteiger partial charge >= 0.3 is 0 Å². The zero-order chi connectivity index (χ0) is 17.4. The van der Waals surface area contributed by atoms with Crippen molar-refractivity contribution in [2.75, 3.05) is 0 Å². The molecule has 2 heterocycles. The summed E-state index contributed by atoms with van der Waals surface area (Å²) >= 11 is 8.38. The lowest BCUT2D eigenvalue weighted by molar-refractivity contribution is 0.749. The number of thiophene rings is 1. The Morgan fingerprint density at radius 3 is 2.28 bits per heavy atom. The van der Waals surface area contributed by atoms with Crippen LogP contribution in [0.1, 0.15) is 5.56 Å². The van der Waals surface area contributed by atoms with Crippen LogP contribution >= 0.6 is 43.2 Å². The smallest absolute Gasteiger partial charge is 0.263 e. The maximum atomic E-state index is 13.0. The Labute approximate surface area is 165 Å². The number of fused-ring (bicyclic) bond motifs is 1. The first-order chi connectivity index (χ1) is 12.1. The van der Waals surface area contributed by atoms with Gasteiger partial charge in [-0.05, 0) is 35.4 Å². The maximum absolute atomic E-state index is 13.0. The quantitative estimate of drug-likeness (QED) is 0.381. The van der Waals surface area contributed by atoms with Crippen molar-refractivity contribution in [3.8, 4) is 11.1 Å². The zero-order valence-electron chi connectivity index (χ0n) is 12.9. The summed E-state index contributed by atoms with van der Waals surface area (Å²) in [6.07, 6.45) is 1.63. The molecule has 0 radical (unpaired) electrons. The van der Waals surface area contributed by atoms with Gasteiger partial charge in [-0.15, -0.1) is 11.3 Å². The molecule has 0 saturated carbocycles. The van der Waals surface area contributed by atoms with E-state index < -0.39 is 0 Å². The minimum atomic E-state index is -0.00733. The highest BCUT2D eigenvalue weighted by molar-refractivity contribution is 9.10. The van der Waals surface area contributed by atoms with Crippen molar-refractivity contribution in [3.05, 3.63) is 85.1 Å². The molecular weight excluding hydrogens is 464 g/mol. The first-order valence-electron chi connectivity index (χ1n) is 7.59. The fourth-order valence-electron chi connectivity index (χ4n) is 2.71. The molecule has 3 nitrogen and oxygen atoms in total. The third kappa shape index (κ3) is 3.34. The number of hydrogen-bond donors (Lipinski definition) is 0. The molecule has 2 aromatic heterocycles. The van der Waals surface area contributed by atoms with Crippen LogP contribution in [0, 0.1) is 0 Å². The van der Waals surface area contributed by atoms with Crippen molar-refractivity contribution in [2.24, 2.45) is 0 Å². The number of hydrogen-bond acceptors (Lipinski definition) is 3. The third-order valence-electron chi connectivity index (χ3n) is 3.98. The van der Waals surface area contributed by atoms with Crippen molar-refractivity contribution in [3.63, 3.8) is 0 Å². The lowest BCUT2D eigenvalue weighted by Crippen LogP contribution is -2.20. The summed E-state index contributed by atoms with van der Waals surface area (Å²) in [5.41, 5.74) is 3.02. The van der Waals surface area contributed by atoms with Gasteiger partial charge in [0.15, 0.2) is 0 Å². The SMILES string of the molecule is O=c1c2c(-c3ccc(Br)cc3)csc2ncn1Cc1ccc(Br)cc1. The topological polar surface area (TPSA) is 34.9 Å². The molecule has 0 N–H and O–H groups in total. The fraction of sp³-hybridized carbons (Fsp3) is 0.0526. The van der Waals surface area contributed by atoms with Gasteiger partial charge in [-0.25, -0.2) is 4.98 Å². The molecule has 0 unspecified atom stereocenters. The summed E-state index contributed by atoms with van der Waals surface area (Å²) in [7, 11) is 0. The molecule has 0 amide bonds. The number of aromatic nitrogens is 2. The Morgan fingerprint density at radius 1 is 0.960 bits per heavy atom. The molecule has 0 aliphatic heterocycles. The van der Waals surface area contributed by atoms with Gasteiger partial charge in [0.1, 0.15) is 4.83 Å². The standard InChI is InChI=1S/C19H12Br2N2OS/c20-14-5-1-12(2-6-14)9-23-11-22-18-17(19(23)24)16(10-25-18)13-3-7-15(21)8-4-13/h1-8,10-11H,9H2. The number of halogens is 2. The highest BCUT2D eigenvalue weighted by atomic mass is 79.9. The summed E-state index contributed by atoms with van der Waals surface area (Å²) in [4.78, 5) is 18.3. The van der Waals surface area contributed by atoms with Crippen molar-refractivity contribution < 1.29 is 0 Å². The second-order valence-electron chi connectivity index (χ2n) is 5.64. The average molecular weight is 476 g/mol. The highest BCUT2D eigenvalue weighted by Crippen LogP contribution is 2.31. The molecule has 0 aliphatic carbocycles. The molecule has 6 heteroatoms. The van der Waals surface area contributed by atoms with E-state index in [9.17, 15) is 4.79 Å². The van der Waals surface area contributed by atoms with Gasteiger partial charge in [-0.3, -0.25) is 9.36 Å². The number of rotatable bonds is 3. The summed E-state index contributed by atoms with van der Waals surface area (Å²) in [5, 5.41) is 2.69. The molecule has 25 heavy (non-hydrogen) atoms.